The van der Waals surface area contributed by atoms with Gasteiger partial charge in [0.15, 0.2) is 17.6 Å². The molecule has 4 rings (SSSR count). The van der Waals surface area contributed by atoms with E-state index in [1.165, 1.54) is 50.2 Å². The topological polar surface area (TPSA) is 103 Å². The first-order valence-electron chi connectivity index (χ1n) is 11.6. The lowest BCUT2D eigenvalue weighted by Crippen LogP contribution is -2.39. The molecule has 1 aliphatic carbocycles. The fourth-order valence-corrected chi connectivity index (χ4v) is 4.86. The fourth-order valence-electron chi connectivity index (χ4n) is 4.24. The minimum atomic E-state index is -1.02. The lowest BCUT2D eigenvalue weighted by molar-refractivity contribution is -0.130. The van der Waals surface area contributed by atoms with Gasteiger partial charge in [-0.05, 0) is 60.9 Å². The highest BCUT2D eigenvalue weighted by Crippen LogP contribution is 2.37. The van der Waals surface area contributed by atoms with Crippen molar-refractivity contribution < 1.29 is 28.6 Å². The van der Waals surface area contributed by atoms with Crippen LogP contribution >= 0.6 is 11.3 Å². The molecule has 1 aromatic heterocycles. The van der Waals surface area contributed by atoms with Gasteiger partial charge in [0.2, 0.25) is 0 Å². The maximum atomic E-state index is 13.0. The maximum Gasteiger partial charge on any atom is 0.339 e. The van der Waals surface area contributed by atoms with Crippen LogP contribution in [-0.2, 0) is 16.0 Å². The number of hydrogen-bond acceptors (Lipinski definition) is 7. The average Bonchev–Trinajstić information content (AvgIpc) is 3.43. The van der Waals surface area contributed by atoms with E-state index < -0.39 is 12.1 Å². The van der Waals surface area contributed by atoms with Crippen LogP contribution in [0.4, 0.5) is 5.69 Å². The molecule has 1 heterocycles. The number of aryl methyl sites for hydroxylation is 1. The molecule has 0 bridgehead atoms. The fraction of sp³-hybridized carbons (Fsp3) is 0.296. The lowest BCUT2D eigenvalue weighted by atomic mass is 9.87. The molecule has 0 radical (unpaired) electrons. The smallest absolute Gasteiger partial charge is 0.339 e. The van der Waals surface area contributed by atoms with Crippen LogP contribution in [0.3, 0.4) is 0 Å². The van der Waals surface area contributed by atoms with Crippen LogP contribution in [0.1, 0.15) is 57.0 Å². The third-order valence-electron chi connectivity index (χ3n) is 6.05. The largest absolute Gasteiger partial charge is 0.493 e. The van der Waals surface area contributed by atoms with Crippen molar-refractivity contribution in [2.75, 3.05) is 19.5 Å². The van der Waals surface area contributed by atoms with Crippen molar-refractivity contribution in [3.63, 3.8) is 0 Å². The Labute approximate surface area is 213 Å². The van der Waals surface area contributed by atoms with E-state index in [4.69, 9.17) is 14.2 Å². The van der Waals surface area contributed by atoms with Crippen LogP contribution in [0, 0.1) is 0 Å². The van der Waals surface area contributed by atoms with Crippen LogP contribution < -0.4 is 20.1 Å². The number of benzene rings is 2. The number of fused-ring (bicyclic) bond motifs is 1. The number of esters is 1. The zero-order chi connectivity index (χ0) is 25.7. The van der Waals surface area contributed by atoms with Crippen molar-refractivity contribution in [3.05, 3.63) is 75.5 Å². The molecule has 3 aromatic rings. The molecule has 0 saturated heterocycles. The summed E-state index contributed by atoms with van der Waals surface area (Å²) < 4.78 is 16.2. The summed E-state index contributed by atoms with van der Waals surface area (Å²) in [7, 11) is 2.86. The molecule has 8 nitrogen and oxygen atoms in total. The van der Waals surface area contributed by atoms with Gasteiger partial charge < -0.3 is 24.8 Å². The number of methoxy groups -OCH3 is 2. The summed E-state index contributed by atoms with van der Waals surface area (Å²) in [4.78, 5) is 38.9. The highest BCUT2D eigenvalue weighted by molar-refractivity contribution is 7.12. The minimum absolute atomic E-state index is 0.108. The normalized spacial score (nSPS) is 15.2. The number of anilines is 1. The van der Waals surface area contributed by atoms with Gasteiger partial charge in [-0.15, -0.1) is 11.3 Å². The number of amides is 2. The van der Waals surface area contributed by atoms with E-state index in [0.29, 0.717) is 4.88 Å². The molecule has 0 spiro atoms. The Hall–Kier alpha value is -3.85. The van der Waals surface area contributed by atoms with Crippen LogP contribution in [0.15, 0.2) is 53.9 Å². The Kier molecular flexibility index (Phi) is 7.90. The van der Waals surface area contributed by atoms with Gasteiger partial charge in [0.25, 0.3) is 11.8 Å². The van der Waals surface area contributed by atoms with Crippen LogP contribution in [-0.4, -0.2) is 38.1 Å². The summed E-state index contributed by atoms with van der Waals surface area (Å²) in [6.07, 6.45) is 1.76. The van der Waals surface area contributed by atoms with E-state index in [-0.39, 0.29) is 40.6 Å². The molecule has 0 aliphatic heterocycles. The van der Waals surface area contributed by atoms with Crippen molar-refractivity contribution in [2.24, 2.45) is 0 Å². The third-order valence-corrected chi connectivity index (χ3v) is 6.92. The van der Waals surface area contributed by atoms with E-state index in [2.05, 4.69) is 16.7 Å². The molecule has 1 aliphatic rings. The second kappa shape index (κ2) is 11.3. The van der Waals surface area contributed by atoms with Gasteiger partial charge >= 0.3 is 5.97 Å². The van der Waals surface area contributed by atoms with Crippen molar-refractivity contribution in [1.82, 2.24) is 5.32 Å². The Bertz CT molecular complexity index is 1260. The summed E-state index contributed by atoms with van der Waals surface area (Å²) >= 11 is 1.29. The van der Waals surface area contributed by atoms with E-state index >= 15 is 0 Å². The van der Waals surface area contributed by atoms with Crippen molar-refractivity contribution in [1.29, 1.82) is 0 Å². The number of thiophene rings is 1. The van der Waals surface area contributed by atoms with E-state index in [0.717, 1.165) is 24.8 Å². The quantitative estimate of drug-likeness (QED) is 0.426. The Morgan fingerprint density at radius 3 is 2.58 bits per heavy atom. The molecule has 0 unspecified atom stereocenters. The molecule has 0 saturated carbocycles. The van der Waals surface area contributed by atoms with Gasteiger partial charge in [-0.2, -0.15) is 0 Å². The standard InChI is InChI=1S/C27H28N2O6S/c1-16(25(30)28-20-11-6-9-17-8-4-5-10-19(17)20)35-27(32)18-14-21(24(34-3)22(15-18)33-2)29-26(31)23-12-7-13-36-23/h4-5,7-8,10,12-16,20H,6,9,11H2,1-3H3,(H,28,30)(H,29,31)/t16-,20+/m1/s1. The zero-order valence-corrected chi connectivity index (χ0v) is 21.1. The van der Waals surface area contributed by atoms with Crippen molar-refractivity contribution in [3.8, 4) is 11.5 Å². The Morgan fingerprint density at radius 1 is 1.06 bits per heavy atom. The lowest BCUT2D eigenvalue weighted by Gasteiger charge is -2.27. The van der Waals surface area contributed by atoms with Crippen LogP contribution in [0.2, 0.25) is 0 Å². The third kappa shape index (κ3) is 5.52. The van der Waals surface area contributed by atoms with E-state index in [1.807, 2.05) is 18.2 Å². The Morgan fingerprint density at radius 2 is 1.86 bits per heavy atom. The molecule has 0 fully saturated rings. The molecule has 36 heavy (non-hydrogen) atoms. The summed E-state index contributed by atoms with van der Waals surface area (Å²) in [5.41, 5.74) is 2.68. The number of hydrogen-bond donors (Lipinski definition) is 2. The SMILES string of the molecule is COc1cc(C(=O)O[C@H](C)C(=O)N[C@H]2CCCc3ccccc32)cc(NC(=O)c2cccs2)c1OC. The monoisotopic (exact) mass is 508 g/mol. The van der Waals surface area contributed by atoms with Crippen LogP contribution in [0.25, 0.3) is 0 Å². The van der Waals surface area contributed by atoms with Crippen LogP contribution in [0.5, 0.6) is 11.5 Å². The van der Waals surface area contributed by atoms with Gasteiger partial charge in [0.05, 0.1) is 36.4 Å². The van der Waals surface area contributed by atoms with Gasteiger partial charge in [-0.25, -0.2) is 4.79 Å². The second-order valence-corrected chi connectivity index (χ2v) is 9.34. The first-order chi connectivity index (χ1) is 17.4. The summed E-state index contributed by atoms with van der Waals surface area (Å²) in [5, 5.41) is 7.55. The number of carbonyl (C=O) groups is 3. The molecule has 2 aromatic carbocycles. The molecule has 9 heteroatoms. The summed E-state index contributed by atoms with van der Waals surface area (Å²) in [5.74, 6) is -0.951. The number of ether oxygens (including phenoxy) is 3. The molecule has 2 amide bonds. The maximum absolute atomic E-state index is 13.0. The van der Waals surface area contributed by atoms with Gasteiger partial charge in [-0.1, -0.05) is 30.3 Å². The Balaban J connectivity index is 1.48. The first kappa shape index (κ1) is 25.2. The first-order valence-corrected chi connectivity index (χ1v) is 12.5. The predicted octanol–water partition coefficient (Wildman–Crippen LogP) is 4.76. The predicted molar refractivity (Wildman–Crippen MR) is 137 cm³/mol. The average molecular weight is 509 g/mol. The van der Waals surface area contributed by atoms with Crippen molar-refractivity contribution >= 4 is 34.8 Å². The molecular weight excluding hydrogens is 480 g/mol. The summed E-state index contributed by atoms with van der Waals surface area (Å²) in [6, 6.07) is 14.3. The van der Waals surface area contributed by atoms with E-state index in [9.17, 15) is 14.4 Å². The number of rotatable bonds is 8. The van der Waals surface area contributed by atoms with Gasteiger partial charge in [0.1, 0.15) is 0 Å². The minimum Gasteiger partial charge on any atom is -0.493 e. The highest BCUT2D eigenvalue weighted by atomic mass is 32.1. The number of nitrogens with one attached hydrogen (secondary N) is 2. The molecule has 188 valence electrons. The zero-order valence-electron chi connectivity index (χ0n) is 20.3. The molecule has 2 N–H and O–H groups in total. The second-order valence-electron chi connectivity index (χ2n) is 8.39. The van der Waals surface area contributed by atoms with Gasteiger partial charge in [-0.3, -0.25) is 9.59 Å². The number of carbonyl (C=O) groups excluding carboxylic acids is 3. The van der Waals surface area contributed by atoms with E-state index in [1.54, 1.807) is 17.5 Å². The molecule has 2 atom stereocenters. The summed E-state index contributed by atoms with van der Waals surface area (Å²) in [6.45, 7) is 1.53. The highest BCUT2D eigenvalue weighted by Gasteiger charge is 2.27. The van der Waals surface area contributed by atoms with Gasteiger partial charge in [0, 0.05) is 0 Å². The molecular formula is C27H28N2O6S. The van der Waals surface area contributed by atoms with Crippen molar-refractivity contribution in [2.45, 2.75) is 38.3 Å².